The average molecular weight is 306 g/mol. The third-order valence-electron chi connectivity index (χ3n) is 4.87. The van der Waals surface area contributed by atoms with Crippen molar-refractivity contribution in [1.82, 2.24) is 10.2 Å². The van der Waals surface area contributed by atoms with Gasteiger partial charge in [0.1, 0.15) is 5.75 Å². The number of para-hydroxylation sites is 1. The van der Waals surface area contributed by atoms with Gasteiger partial charge in [-0.3, -0.25) is 0 Å². The van der Waals surface area contributed by atoms with E-state index in [-0.39, 0.29) is 5.54 Å². The maximum atomic E-state index is 5.54. The minimum Gasteiger partial charge on any atom is -0.496 e. The van der Waals surface area contributed by atoms with Crippen LogP contribution in [0.15, 0.2) is 24.3 Å². The fraction of sp³-hybridized carbons (Fsp3) is 0.667. The van der Waals surface area contributed by atoms with Crippen LogP contribution in [-0.2, 0) is 11.2 Å². The summed E-state index contributed by atoms with van der Waals surface area (Å²) in [5.41, 5.74) is 1.48. The summed E-state index contributed by atoms with van der Waals surface area (Å²) in [6.07, 6.45) is 3.16. The number of likely N-dealkylation sites (N-methyl/N-ethyl adjacent to an activating group) is 1. The molecule has 22 heavy (non-hydrogen) atoms. The van der Waals surface area contributed by atoms with Gasteiger partial charge in [0.05, 0.1) is 7.11 Å². The fourth-order valence-corrected chi connectivity index (χ4v) is 3.17. The first kappa shape index (κ1) is 17.3. The maximum absolute atomic E-state index is 5.54. The van der Waals surface area contributed by atoms with Crippen molar-refractivity contribution in [2.45, 2.75) is 37.8 Å². The predicted molar refractivity (Wildman–Crippen MR) is 90.6 cm³/mol. The summed E-state index contributed by atoms with van der Waals surface area (Å²) in [6, 6.07) is 8.68. The van der Waals surface area contributed by atoms with Crippen molar-refractivity contribution >= 4 is 0 Å². The van der Waals surface area contributed by atoms with Gasteiger partial charge in [-0.1, -0.05) is 18.2 Å². The Morgan fingerprint density at radius 3 is 2.59 bits per heavy atom. The molecule has 0 aliphatic carbocycles. The van der Waals surface area contributed by atoms with Crippen LogP contribution in [-0.4, -0.2) is 57.4 Å². The van der Waals surface area contributed by atoms with Gasteiger partial charge in [0.2, 0.25) is 0 Å². The first-order valence-corrected chi connectivity index (χ1v) is 8.18. The van der Waals surface area contributed by atoms with E-state index in [1.54, 1.807) is 7.11 Å². The van der Waals surface area contributed by atoms with Gasteiger partial charge in [0.15, 0.2) is 0 Å². The quantitative estimate of drug-likeness (QED) is 0.838. The van der Waals surface area contributed by atoms with Gasteiger partial charge < -0.3 is 19.7 Å². The summed E-state index contributed by atoms with van der Waals surface area (Å²) < 4.78 is 11.0. The molecule has 1 heterocycles. The zero-order valence-corrected chi connectivity index (χ0v) is 14.4. The highest BCUT2D eigenvalue weighted by Gasteiger charge is 2.34. The van der Waals surface area contributed by atoms with Crippen molar-refractivity contribution in [2.75, 3.05) is 41.0 Å². The van der Waals surface area contributed by atoms with Crippen LogP contribution in [0.5, 0.6) is 5.75 Å². The minimum atomic E-state index is 0.216. The molecule has 0 spiro atoms. The van der Waals surface area contributed by atoms with Gasteiger partial charge in [-0.2, -0.15) is 0 Å². The number of methoxy groups -OCH3 is 1. The van der Waals surface area contributed by atoms with Gasteiger partial charge in [-0.25, -0.2) is 0 Å². The largest absolute Gasteiger partial charge is 0.496 e. The molecule has 4 heteroatoms. The van der Waals surface area contributed by atoms with Crippen LogP contribution in [0.25, 0.3) is 0 Å². The lowest BCUT2D eigenvalue weighted by Gasteiger charge is -2.43. The zero-order chi connectivity index (χ0) is 16.0. The van der Waals surface area contributed by atoms with Gasteiger partial charge >= 0.3 is 0 Å². The molecule has 1 atom stereocenters. The van der Waals surface area contributed by atoms with Crippen molar-refractivity contribution in [3.63, 3.8) is 0 Å². The number of ether oxygens (including phenoxy) is 2. The molecule has 0 bridgehead atoms. The maximum Gasteiger partial charge on any atom is 0.122 e. The molecule has 1 aliphatic rings. The van der Waals surface area contributed by atoms with Crippen LogP contribution in [0.1, 0.15) is 25.3 Å². The van der Waals surface area contributed by atoms with Crippen molar-refractivity contribution in [3.8, 4) is 5.75 Å². The van der Waals surface area contributed by atoms with E-state index in [1.165, 1.54) is 5.56 Å². The Morgan fingerprint density at radius 2 is 1.95 bits per heavy atom. The SMILES string of the molecule is COc1ccccc1CC(C)NCC1(N(C)C)CCOCC1. The summed E-state index contributed by atoms with van der Waals surface area (Å²) in [6.45, 7) is 4.97. The van der Waals surface area contributed by atoms with Crippen molar-refractivity contribution < 1.29 is 9.47 Å². The number of hydrogen-bond acceptors (Lipinski definition) is 4. The van der Waals surface area contributed by atoms with Gasteiger partial charge in [0.25, 0.3) is 0 Å². The molecule has 1 unspecified atom stereocenters. The third-order valence-corrected chi connectivity index (χ3v) is 4.87. The second-order valence-corrected chi connectivity index (χ2v) is 6.53. The van der Waals surface area contributed by atoms with Gasteiger partial charge in [0, 0.05) is 31.3 Å². The molecule has 0 aromatic heterocycles. The number of nitrogens with one attached hydrogen (secondary N) is 1. The molecule has 1 N–H and O–H groups in total. The summed E-state index contributed by atoms with van der Waals surface area (Å²) >= 11 is 0. The highest BCUT2D eigenvalue weighted by Crippen LogP contribution is 2.25. The Hall–Kier alpha value is -1.10. The average Bonchev–Trinajstić information content (AvgIpc) is 2.54. The Morgan fingerprint density at radius 1 is 1.27 bits per heavy atom. The predicted octanol–water partition coefficient (Wildman–Crippen LogP) is 2.33. The summed E-state index contributed by atoms with van der Waals surface area (Å²) in [5.74, 6) is 0.976. The molecule has 0 saturated carbocycles. The molecule has 1 aliphatic heterocycles. The fourth-order valence-electron chi connectivity index (χ4n) is 3.17. The normalized spacial score (nSPS) is 19.1. The molecule has 1 saturated heterocycles. The number of benzene rings is 1. The second-order valence-electron chi connectivity index (χ2n) is 6.53. The van der Waals surface area contributed by atoms with Crippen LogP contribution in [0.2, 0.25) is 0 Å². The van der Waals surface area contributed by atoms with Gasteiger partial charge in [-0.05, 0) is 51.9 Å². The molecule has 2 rings (SSSR count). The second kappa shape index (κ2) is 7.95. The first-order valence-electron chi connectivity index (χ1n) is 8.18. The zero-order valence-electron chi connectivity index (χ0n) is 14.4. The molecule has 124 valence electrons. The van der Waals surface area contributed by atoms with E-state index in [2.05, 4.69) is 43.4 Å². The van der Waals surface area contributed by atoms with Crippen molar-refractivity contribution in [2.24, 2.45) is 0 Å². The van der Waals surface area contributed by atoms with Crippen LogP contribution in [0.4, 0.5) is 0 Å². The van der Waals surface area contributed by atoms with E-state index in [4.69, 9.17) is 9.47 Å². The van der Waals surface area contributed by atoms with Crippen LogP contribution in [0, 0.1) is 0 Å². The highest BCUT2D eigenvalue weighted by atomic mass is 16.5. The van der Waals surface area contributed by atoms with Crippen LogP contribution < -0.4 is 10.1 Å². The first-order chi connectivity index (χ1) is 10.6. The van der Waals surface area contributed by atoms with E-state index in [9.17, 15) is 0 Å². The molecule has 1 aromatic rings. The monoisotopic (exact) mass is 306 g/mol. The lowest BCUT2D eigenvalue weighted by atomic mass is 9.88. The highest BCUT2D eigenvalue weighted by molar-refractivity contribution is 5.33. The molecule has 4 nitrogen and oxygen atoms in total. The number of rotatable bonds is 7. The van der Waals surface area contributed by atoms with Crippen molar-refractivity contribution in [3.05, 3.63) is 29.8 Å². The summed E-state index contributed by atoms with van der Waals surface area (Å²) in [5, 5.41) is 3.72. The third kappa shape index (κ3) is 4.22. The summed E-state index contributed by atoms with van der Waals surface area (Å²) in [4.78, 5) is 2.36. The van der Waals surface area contributed by atoms with Crippen LogP contribution >= 0.6 is 0 Å². The molecule has 0 radical (unpaired) electrons. The number of nitrogens with zero attached hydrogens (tertiary/aromatic N) is 1. The molecule has 1 fully saturated rings. The van der Waals surface area contributed by atoms with E-state index in [0.717, 1.165) is 44.8 Å². The molecule has 1 aromatic carbocycles. The van der Waals surface area contributed by atoms with Crippen LogP contribution in [0.3, 0.4) is 0 Å². The summed E-state index contributed by atoms with van der Waals surface area (Å²) in [7, 11) is 6.09. The number of hydrogen-bond donors (Lipinski definition) is 1. The Bertz CT molecular complexity index is 456. The lowest BCUT2D eigenvalue weighted by molar-refractivity contribution is -0.00803. The molecule has 0 amide bonds. The van der Waals surface area contributed by atoms with E-state index in [1.807, 2.05) is 12.1 Å². The minimum absolute atomic E-state index is 0.216. The molecular weight excluding hydrogens is 276 g/mol. The Labute approximate surface area is 134 Å². The van der Waals surface area contributed by atoms with Crippen molar-refractivity contribution in [1.29, 1.82) is 0 Å². The van der Waals surface area contributed by atoms with E-state index in [0.29, 0.717) is 6.04 Å². The van der Waals surface area contributed by atoms with Gasteiger partial charge in [-0.15, -0.1) is 0 Å². The molecular formula is C18H30N2O2. The topological polar surface area (TPSA) is 33.7 Å². The smallest absolute Gasteiger partial charge is 0.122 e. The lowest BCUT2D eigenvalue weighted by Crippen LogP contribution is -2.56. The van der Waals surface area contributed by atoms with E-state index < -0.39 is 0 Å². The Kier molecular flexibility index (Phi) is 6.24. The Balaban J connectivity index is 1.92. The van der Waals surface area contributed by atoms with E-state index >= 15 is 0 Å². The standard InChI is InChI=1S/C18H30N2O2/c1-15(13-16-7-5-6-8-17(16)21-4)19-14-18(20(2)3)9-11-22-12-10-18/h5-8,15,19H,9-14H2,1-4H3.